The maximum absolute atomic E-state index is 6.75. The van der Waals surface area contributed by atoms with E-state index in [2.05, 4.69) is 187 Å². The third-order valence-corrected chi connectivity index (χ3v) is 9.99. The van der Waals surface area contributed by atoms with Gasteiger partial charge in [0.05, 0.1) is 16.7 Å². The molecule has 0 spiro atoms. The summed E-state index contributed by atoms with van der Waals surface area (Å²) in [6.07, 6.45) is 0. The molecule has 0 saturated heterocycles. The molecule has 2 aromatic heterocycles. The Morgan fingerprint density at radius 2 is 0.800 bits per heavy atom. The molecule has 0 radical (unpaired) electrons. The fraction of sp³-hybridized carbons (Fsp3) is 0. The van der Waals surface area contributed by atoms with Crippen molar-refractivity contribution in [2.45, 2.75) is 0 Å². The van der Waals surface area contributed by atoms with Crippen LogP contribution in [0, 0.1) is 0 Å². The van der Waals surface area contributed by atoms with Gasteiger partial charge in [0, 0.05) is 38.2 Å². The van der Waals surface area contributed by atoms with Gasteiger partial charge >= 0.3 is 0 Å². The van der Waals surface area contributed by atoms with Crippen molar-refractivity contribution < 1.29 is 4.42 Å². The standard InChI is InChI=1S/C48H31NO/c1-5-18-32(19-6-1)42-43(33-20-7-2-8-21-33)45(35-24-11-4-12-25-35)47-46(44(42)34-22-9-3-10-23-34)38-27-13-15-29-39(38)49(47)40-30-17-28-37-36-26-14-16-31-41(36)50-48(37)40/h1-31H. The second-order valence-electron chi connectivity index (χ2n) is 12.8. The molecule has 2 heteroatoms. The summed E-state index contributed by atoms with van der Waals surface area (Å²) in [4.78, 5) is 0. The SMILES string of the molecule is c1ccc(-c2c(-c3ccccc3)c(-c3ccccc3)c3c(c2-c2ccccc2)c2ccccc2n3-c2cccc3c2oc2ccccc23)cc1. The van der Waals surface area contributed by atoms with Gasteiger partial charge in [0.25, 0.3) is 0 Å². The number of fused-ring (bicyclic) bond motifs is 6. The molecule has 0 amide bonds. The monoisotopic (exact) mass is 637 g/mol. The van der Waals surface area contributed by atoms with E-state index in [0.717, 1.165) is 44.2 Å². The number of para-hydroxylation sites is 3. The molecule has 0 unspecified atom stereocenters. The highest BCUT2D eigenvalue weighted by atomic mass is 16.3. The van der Waals surface area contributed by atoms with E-state index in [0.29, 0.717) is 0 Å². The maximum Gasteiger partial charge on any atom is 0.159 e. The van der Waals surface area contributed by atoms with Crippen molar-refractivity contribution in [2.75, 3.05) is 0 Å². The van der Waals surface area contributed by atoms with Crippen LogP contribution in [0.15, 0.2) is 192 Å². The van der Waals surface area contributed by atoms with Gasteiger partial charge in [-0.1, -0.05) is 170 Å². The second-order valence-corrected chi connectivity index (χ2v) is 12.8. The number of hydrogen-bond donors (Lipinski definition) is 0. The maximum atomic E-state index is 6.75. The molecule has 0 aliphatic carbocycles. The van der Waals surface area contributed by atoms with Gasteiger partial charge in [-0.25, -0.2) is 0 Å². The number of nitrogens with zero attached hydrogens (tertiary/aromatic N) is 1. The average molecular weight is 638 g/mol. The summed E-state index contributed by atoms with van der Waals surface area (Å²) in [5, 5.41) is 4.65. The lowest BCUT2D eigenvalue weighted by atomic mass is 9.80. The first-order chi connectivity index (χ1) is 24.9. The van der Waals surface area contributed by atoms with E-state index in [-0.39, 0.29) is 0 Å². The first-order valence-corrected chi connectivity index (χ1v) is 17.1. The Morgan fingerprint density at radius 1 is 0.340 bits per heavy atom. The Bertz CT molecular complexity index is 2830. The summed E-state index contributed by atoms with van der Waals surface area (Å²) in [5.41, 5.74) is 14.6. The minimum Gasteiger partial charge on any atom is -0.454 e. The molecule has 0 atom stereocenters. The van der Waals surface area contributed by atoms with Gasteiger partial charge in [0.15, 0.2) is 5.58 Å². The van der Waals surface area contributed by atoms with E-state index < -0.39 is 0 Å². The van der Waals surface area contributed by atoms with Gasteiger partial charge in [-0.05, 0) is 46.0 Å². The van der Waals surface area contributed by atoms with Crippen LogP contribution in [-0.4, -0.2) is 4.57 Å². The summed E-state index contributed by atoms with van der Waals surface area (Å²) in [6.45, 7) is 0. The zero-order chi connectivity index (χ0) is 33.0. The number of hydrogen-bond acceptors (Lipinski definition) is 1. The number of benzene rings is 8. The van der Waals surface area contributed by atoms with Crippen molar-refractivity contribution >= 4 is 43.7 Å². The highest BCUT2D eigenvalue weighted by Crippen LogP contribution is 2.54. The van der Waals surface area contributed by atoms with Crippen LogP contribution in [0.5, 0.6) is 0 Å². The molecule has 8 aromatic carbocycles. The third-order valence-electron chi connectivity index (χ3n) is 9.99. The predicted molar refractivity (Wildman–Crippen MR) is 210 cm³/mol. The zero-order valence-electron chi connectivity index (χ0n) is 27.3. The summed E-state index contributed by atoms with van der Waals surface area (Å²) < 4.78 is 9.22. The van der Waals surface area contributed by atoms with E-state index >= 15 is 0 Å². The molecule has 0 fully saturated rings. The van der Waals surface area contributed by atoms with Crippen molar-refractivity contribution in [2.24, 2.45) is 0 Å². The normalized spacial score (nSPS) is 11.6. The van der Waals surface area contributed by atoms with Crippen molar-refractivity contribution in [3.8, 4) is 50.2 Å². The number of rotatable bonds is 5. The van der Waals surface area contributed by atoms with Crippen LogP contribution in [0.1, 0.15) is 0 Å². The van der Waals surface area contributed by atoms with E-state index in [1.165, 1.54) is 49.7 Å². The molecule has 234 valence electrons. The van der Waals surface area contributed by atoms with Crippen LogP contribution >= 0.6 is 0 Å². The van der Waals surface area contributed by atoms with E-state index in [9.17, 15) is 0 Å². The number of aromatic nitrogens is 1. The smallest absolute Gasteiger partial charge is 0.159 e. The van der Waals surface area contributed by atoms with Crippen molar-refractivity contribution in [1.82, 2.24) is 4.57 Å². The Kier molecular flexibility index (Phi) is 6.53. The van der Waals surface area contributed by atoms with Gasteiger partial charge in [-0.2, -0.15) is 0 Å². The highest BCUT2D eigenvalue weighted by Gasteiger charge is 2.29. The lowest BCUT2D eigenvalue weighted by molar-refractivity contribution is 0.666. The van der Waals surface area contributed by atoms with Crippen molar-refractivity contribution in [3.63, 3.8) is 0 Å². The van der Waals surface area contributed by atoms with Crippen LogP contribution in [0.25, 0.3) is 93.9 Å². The van der Waals surface area contributed by atoms with Crippen LogP contribution in [0.3, 0.4) is 0 Å². The zero-order valence-corrected chi connectivity index (χ0v) is 27.3. The molecule has 0 aliphatic rings. The topological polar surface area (TPSA) is 18.1 Å². The Hall–Kier alpha value is -6.64. The minimum absolute atomic E-state index is 0.880. The highest BCUT2D eigenvalue weighted by molar-refractivity contribution is 6.27. The quantitative estimate of drug-likeness (QED) is 0.184. The average Bonchev–Trinajstić information content (AvgIpc) is 3.75. The fourth-order valence-electron chi connectivity index (χ4n) is 7.95. The molecule has 0 bridgehead atoms. The van der Waals surface area contributed by atoms with Crippen LogP contribution < -0.4 is 0 Å². The van der Waals surface area contributed by atoms with Crippen LogP contribution in [0.4, 0.5) is 0 Å². The van der Waals surface area contributed by atoms with Gasteiger partial charge in [-0.15, -0.1) is 0 Å². The van der Waals surface area contributed by atoms with Gasteiger partial charge < -0.3 is 8.98 Å². The molecular weight excluding hydrogens is 607 g/mol. The van der Waals surface area contributed by atoms with Gasteiger partial charge in [-0.3, -0.25) is 0 Å². The van der Waals surface area contributed by atoms with Gasteiger partial charge in [0.1, 0.15) is 5.58 Å². The molecule has 2 heterocycles. The molecule has 0 N–H and O–H groups in total. The fourth-order valence-corrected chi connectivity index (χ4v) is 7.95. The summed E-state index contributed by atoms with van der Waals surface area (Å²) >= 11 is 0. The van der Waals surface area contributed by atoms with Gasteiger partial charge in [0.2, 0.25) is 0 Å². The van der Waals surface area contributed by atoms with Crippen molar-refractivity contribution in [3.05, 3.63) is 188 Å². The molecule has 10 aromatic rings. The first-order valence-electron chi connectivity index (χ1n) is 17.1. The lowest BCUT2D eigenvalue weighted by Crippen LogP contribution is -2.01. The molecule has 0 saturated carbocycles. The van der Waals surface area contributed by atoms with E-state index in [4.69, 9.17) is 4.42 Å². The second kappa shape index (κ2) is 11.5. The van der Waals surface area contributed by atoms with Crippen LogP contribution in [0.2, 0.25) is 0 Å². The lowest BCUT2D eigenvalue weighted by Gasteiger charge is -2.24. The largest absolute Gasteiger partial charge is 0.454 e. The summed E-state index contributed by atoms with van der Waals surface area (Å²) in [6, 6.07) is 67.4. The first kappa shape index (κ1) is 28.4. The Labute approximate surface area is 290 Å². The molecule has 10 rings (SSSR count). The minimum atomic E-state index is 0.880. The van der Waals surface area contributed by atoms with E-state index in [1.807, 2.05) is 6.07 Å². The Morgan fingerprint density at radius 3 is 1.42 bits per heavy atom. The summed E-state index contributed by atoms with van der Waals surface area (Å²) in [5.74, 6) is 0. The Balaban J connectivity index is 1.53. The molecule has 2 nitrogen and oxygen atoms in total. The van der Waals surface area contributed by atoms with Crippen LogP contribution in [-0.2, 0) is 0 Å². The molecule has 0 aliphatic heterocycles. The number of furan rings is 1. The molecular formula is C48H31NO. The predicted octanol–water partition coefficient (Wildman–Crippen LogP) is 13.4. The van der Waals surface area contributed by atoms with Crippen molar-refractivity contribution in [1.29, 1.82) is 0 Å². The summed E-state index contributed by atoms with van der Waals surface area (Å²) in [7, 11) is 0. The third kappa shape index (κ3) is 4.29. The van der Waals surface area contributed by atoms with E-state index in [1.54, 1.807) is 0 Å². The molecule has 50 heavy (non-hydrogen) atoms.